The molecule has 1 unspecified atom stereocenters. The van der Waals surface area contributed by atoms with Crippen molar-refractivity contribution in [3.05, 3.63) is 34.4 Å². The van der Waals surface area contributed by atoms with E-state index < -0.39 is 19.8 Å². The van der Waals surface area contributed by atoms with Gasteiger partial charge in [-0.15, -0.1) is 0 Å². The molecule has 0 saturated heterocycles. The number of benzene rings is 1. The van der Waals surface area contributed by atoms with Crippen molar-refractivity contribution in [2.24, 2.45) is 0 Å². The molecule has 2 N–H and O–H groups in total. The Kier molecular flexibility index (Phi) is 11.9. The predicted molar refractivity (Wildman–Crippen MR) is 108 cm³/mol. The fraction of sp³-hybridized carbons (Fsp3) is 0.667. The number of hydrogen-bond acceptors (Lipinski definition) is 8. The van der Waals surface area contributed by atoms with E-state index in [2.05, 4.69) is 5.32 Å². The van der Waals surface area contributed by atoms with Gasteiger partial charge in [-0.3, -0.25) is 10.1 Å². The highest BCUT2D eigenvalue weighted by Crippen LogP contribution is 2.18. The first-order chi connectivity index (χ1) is 13.5. The number of non-ortho nitro benzene ring substituents is 1. The molecule has 0 aromatic heterocycles. The molecule has 0 aliphatic rings. The van der Waals surface area contributed by atoms with Crippen LogP contribution in [0.3, 0.4) is 0 Å². The zero-order valence-electron chi connectivity index (χ0n) is 16.9. The number of aliphatic hydroxyl groups is 1. The average molecular weight is 417 g/mol. The quantitative estimate of drug-likeness (QED) is 0.183. The molecule has 0 bridgehead atoms. The zero-order chi connectivity index (χ0) is 20.8. The van der Waals surface area contributed by atoms with Gasteiger partial charge in [0.2, 0.25) is 0 Å². The molecule has 0 fully saturated rings. The minimum absolute atomic E-state index is 0.0280. The summed E-state index contributed by atoms with van der Waals surface area (Å²) in [4.78, 5) is 10.2. The van der Waals surface area contributed by atoms with Gasteiger partial charge in [0.1, 0.15) is 0 Å². The number of aliphatic hydroxyl groups excluding tert-OH is 1. The van der Waals surface area contributed by atoms with Crippen LogP contribution in [0.4, 0.5) is 11.4 Å². The first kappa shape index (κ1) is 24.5. The van der Waals surface area contributed by atoms with E-state index in [1.165, 1.54) is 12.1 Å². The van der Waals surface area contributed by atoms with E-state index >= 15 is 0 Å². The number of rotatable bonds is 16. The Labute approximate surface area is 167 Å². The molecule has 1 rings (SSSR count). The van der Waals surface area contributed by atoms with E-state index in [1.54, 1.807) is 12.1 Å². The minimum atomic E-state index is -2.65. The summed E-state index contributed by atoms with van der Waals surface area (Å²) in [7, 11) is -2.65. The van der Waals surface area contributed by atoms with Crippen LogP contribution in [0.15, 0.2) is 24.3 Å². The van der Waals surface area contributed by atoms with Crippen LogP contribution in [0, 0.1) is 10.1 Å². The van der Waals surface area contributed by atoms with Gasteiger partial charge in [0.25, 0.3) is 5.69 Å². The van der Waals surface area contributed by atoms with Crippen LogP contribution in [0.5, 0.6) is 0 Å². The molecule has 0 amide bonds. The van der Waals surface area contributed by atoms with Gasteiger partial charge < -0.3 is 28.4 Å². The topological polar surface area (TPSA) is 112 Å². The number of hydrogen-bond donors (Lipinski definition) is 2. The maximum atomic E-state index is 10.6. The summed E-state index contributed by atoms with van der Waals surface area (Å²) in [6, 6.07) is 6.70. The number of nitrogens with one attached hydrogen (secondary N) is 1. The normalized spacial score (nSPS) is 12.7. The Hall–Kier alpha value is -1.56. The fourth-order valence-electron chi connectivity index (χ4n) is 2.61. The zero-order valence-corrected chi connectivity index (χ0v) is 17.9. The van der Waals surface area contributed by atoms with Gasteiger partial charge in [0, 0.05) is 56.8 Å². The van der Waals surface area contributed by atoms with Gasteiger partial charge in [0.05, 0.1) is 17.6 Å². The van der Waals surface area contributed by atoms with E-state index in [1.807, 2.05) is 20.8 Å². The van der Waals surface area contributed by atoms with Gasteiger partial charge in [0.15, 0.2) is 0 Å². The Bertz CT molecular complexity index is 542. The number of nitro groups is 1. The van der Waals surface area contributed by atoms with E-state index in [4.69, 9.17) is 18.0 Å². The predicted octanol–water partition coefficient (Wildman–Crippen LogP) is 2.82. The van der Waals surface area contributed by atoms with Gasteiger partial charge in [-0.05, 0) is 39.3 Å². The monoisotopic (exact) mass is 416 g/mol. The number of nitro benzene ring substituents is 1. The molecule has 9 nitrogen and oxygen atoms in total. The fourth-order valence-corrected chi connectivity index (χ4v) is 5.19. The lowest BCUT2D eigenvalue weighted by Crippen LogP contribution is -2.46. The summed E-state index contributed by atoms with van der Waals surface area (Å²) in [5.41, 5.74) is 0.728. The number of ether oxygens (including phenoxy) is 1. The first-order valence-electron chi connectivity index (χ1n) is 9.62. The van der Waals surface area contributed by atoms with Crippen LogP contribution in [0.25, 0.3) is 0 Å². The molecule has 0 aliphatic carbocycles. The maximum absolute atomic E-state index is 10.6. The molecule has 0 saturated carbocycles. The molecule has 10 heteroatoms. The van der Waals surface area contributed by atoms with Crippen molar-refractivity contribution < 1.29 is 28.0 Å². The Morgan fingerprint density at radius 2 is 1.68 bits per heavy atom. The number of anilines is 1. The average Bonchev–Trinajstić information content (AvgIpc) is 2.67. The third-order valence-corrected chi connectivity index (χ3v) is 6.95. The van der Waals surface area contributed by atoms with Crippen LogP contribution in [0.1, 0.15) is 27.2 Å². The molecule has 28 heavy (non-hydrogen) atoms. The molecular formula is C18H32N2O7Si. The van der Waals surface area contributed by atoms with Crippen molar-refractivity contribution in [3.63, 3.8) is 0 Å². The van der Waals surface area contributed by atoms with Crippen molar-refractivity contribution in [1.82, 2.24) is 0 Å². The molecule has 160 valence electrons. The summed E-state index contributed by atoms with van der Waals surface area (Å²) in [6.07, 6.45) is 0.0252. The molecule has 1 atom stereocenters. The highest BCUT2D eigenvalue weighted by molar-refractivity contribution is 6.60. The Balaban J connectivity index is 2.27. The standard InChI is InChI=1S/C18H32N2O7Si/c1-4-25-28(26-5-2,27-6-3)13-7-12-24-15-18(21)14-19-16-8-10-17(11-9-16)20(22)23/h8-11,18-19,21H,4-7,12-15H2,1-3H3. The van der Waals surface area contributed by atoms with E-state index in [9.17, 15) is 15.2 Å². The maximum Gasteiger partial charge on any atom is 0.501 e. The SMILES string of the molecule is CCO[Si](CCCOCC(O)CNc1ccc([N+](=O)[O-])cc1)(OCC)OCC. The van der Waals surface area contributed by atoms with Gasteiger partial charge >= 0.3 is 8.80 Å². The van der Waals surface area contributed by atoms with Crippen molar-refractivity contribution in [1.29, 1.82) is 0 Å². The third kappa shape index (κ3) is 9.09. The second kappa shape index (κ2) is 13.6. The summed E-state index contributed by atoms with van der Waals surface area (Å²) in [5, 5.41) is 23.7. The van der Waals surface area contributed by atoms with Crippen molar-refractivity contribution >= 4 is 20.2 Å². The molecular weight excluding hydrogens is 384 g/mol. The van der Waals surface area contributed by atoms with Crippen LogP contribution in [0.2, 0.25) is 6.04 Å². The van der Waals surface area contributed by atoms with Crippen LogP contribution >= 0.6 is 0 Å². The van der Waals surface area contributed by atoms with E-state index in [0.717, 1.165) is 0 Å². The van der Waals surface area contributed by atoms with Gasteiger partial charge in [-0.1, -0.05) is 0 Å². The number of nitrogens with zero attached hydrogens (tertiary/aromatic N) is 1. The van der Waals surface area contributed by atoms with Crippen molar-refractivity contribution in [3.8, 4) is 0 Å². The third-order valence-electron chi connectivity index (χ3n) is 3.79. The summed E-state index contributed by atoms with van der Waals surface area (Å²) in [6.45, 7) is 8.33. The molecule has 1 aromatic carbocycles. The summed E-state index contributed by atoms with van der Waals surface area (Å²) < 4.78 is 22.9. The Morgan fingerprint density at radius 3 is 2.18 bits per heavy atom. The largest absolute Gasteiger partial charge is 0.501 e. The lowest BCUT2D eigenvalue weighted by Gasteiger charge is -2.28. The summed E-state index contributed by atoms with van der Waals surface area (Å²) in [5.74, 6) is 0. The molecule has 0 heterocycles. The van der Waals surface area contributed by atoms with E-state index in [-0.39, 0.29) is 18.8 Å². The minimum Gasteiger partial charge on any atom is -0.389 e. The van der Waals surface area contributed by atoms with Crippen LogP contribution in [-0.4, -0.2) is 64.5 Å². The first-order valence-corrected chi connectivity index (χ1v) is 11.6. The molecule has 0 radical (unpaired) electrons. The lowest BCUT2D eigenvalue weighted by atomic mass is 10.2. The van der Waals surface area contributed by atoms with Crippen molar-refractivity contribution in [2.75, 3.05) is 44.9 Å². The van der Waals surface area contributed by atoms with E-state index in [0.29, 0.717) is 44.6 Å². The van der Waals surface area contributed by atoms with Crippen molar-refractivity contribution in [2.45, 2.75) is 39.3 Å². The highest BCUT2D eigenvalue weighted by atomic mass is 28.4. The summed E-state index contributed by atoms with van der Waals surface area (Å²) >= 11 is 0. The van der Waals surface area contributed by atoms with Crippen LogP contribution in [-0.2, 0) is 18.0 Å². The van der Waals surface area contributed by atoms with Gasteiger partial charge in [-0.2, -0.15) is 0 Å². The second-order valence-electron chi connectivity index (χ2n) is 6.00. The lowest BCUT2D eigenvalue weighted by molar-refractivity contribution is -0.384. The second-order valence-corrected chi connectivity index (χ2v) is 8.73. The smallest absolute Gasteiger partial charge is 0.389 e. The Morgan fingerprint density at radius 1 is 1.11 bits per heavy atom. The molecule has 1 aromatic rings. The molecule has 0 aliphatic heterocycles. The molecule has 0 spiro atoms. The highest BCUT2D eigenvalue weighted by Gasteiger charge is 2.39. The van der Waals surface area contributed by atoms with Gasteiger partial charge in [-0.25, -0.2) is 0 Å². The van der Waals surface area contributed by atoms with Crippen LogP contribution < -0.4 is 5.32 Å².